The van der Waals surface area contributed by atoms with Crippen LogP contribution >= 0.6 is 23.2 Å². The zero-order valence-corrected chi connectivity index (χ0v) is 16.6. The fraction of sp³-hybridized carbons (Fsp3) is 0.158. The average molecular weight is 416 g/mol. The third-order valence-electron chi connectivity index (χ3n) is 4.42. The molecule has 0 unspecified atom stereocenters. The van der Waals surface area contributed by atoms with Crippen LogP contribution in [0.4, 0.5) is 22.1 Å². The maximum absolute atomic E-state index is 13.5. The molecule has 7 nitrogen and oxygen atoms in total. The lowest BCUT2D eigenvalue weighted by Gasteiger charge is -2.36. The molecule has 0 aliphatic carbocycles. The van der Waals surface area contributed by atoms with Crippen LogP contribution in [0.2, 0.25) is 10.3 Å². The number of nitrogens with zero attached hydrogens (tertiary/aromatic N) is 5. The number of para-hydroxylation sites is 1. The van der Waals surface area contributed by atoms with Crippen molar-refractivity contribution in [2.24, 2.45) is 0 Å². The Morgan fingerprint density at radius 1 is 1.11 bits per heavy atom. The van der Waals surface area contributed by atoms with Crippen molar-refractivity contribution in [1.82, 2.24) is 15.0 Å². The molecule has 0 bridgehead atoms. The van der Waals surface area contributed by atoms with Crippen molar-refractivity contribution in [1.29, 1.82) is 0 Å². The highest BCUT2D eigenvalue weighted by Crippen LogP contribution is 2.39. The fourth-order valence-corrected chi connectivity index (χ4v) is 3.56. The Kier molecular flexibility index (Phi) is 4.78. The Labute approximate surface area is 171 Å². The molecule has 0 saturated carbocycles. The van der Waals surface area contributed by atoms with Gasteiger partial charge in [0.1, 0.15) is 11.6 Å². The molecule has 1 aromatic carbocycles. The van der Waals surface area contributed by atoms with E-state index in [2.05, 4.69) is 15.0 Å². The molecule has 4 rings (SSSR count). The molecule has 0 atom stereocenters. The van der Waals surface area contributed by atoms with E-state index in [1.807, 2.05) is 19.1 Å². The topological polar surface area (TPSA) is 71.5 Å². The van der Waals surface area contributed by atoms with Crippen LogP contribution in [0.25, 0.3) is 0 Å². The van der Waals surface area contributed by atoms with Gasteiger partial charge in [0.15, 0.2) is 5.82 Å². The number of urea groups is 1. The smallest absolute Gasteiger partial charge is 0.336 e. The normalized spacial score (nSPS) is 13.5. The van der Waals surface area contributed by atoms with Gasteiger partial charge >= 0.3 is 6.03 Å². The molecule has 3 aromatic rings. The maximum atomic E-state index is 13.5. The van der Waals surface area contributed by atoms with E-state index in [1.54, 1.807) is 36.4 Å². The van der Waals surface area contributed by atoms with Gasteiger partial charge < -0.3 is 4.74 Å². The molecule has 1 aliphatic rings. The van der Waals surface area contributed by atoms with E-state index in [9.17, 15) is 4.79 Å². The predicted molar refractivity (Wildman–Crippen MR) is 108 cm³/mol. The summed E-state index contributed by atoms with van der Waals surface area (Å²) in [4.78, 5) is 29.1. The quantitative estimate of drug-likeness (QED) is 0.575. The van der Waals surface area contributed by atoms with Crippen LogP contribution in [-0.4, -0.2) is 28.1 Å². The van der Waals surface area contributed by atoms with Crippen LogP contribution in [0.15, 0.2) is 42.7 Å². The number of carbonyl (C=O) groups excluding carboxylic acids is 1. The highest BCUT2D eigenvalue weighted by atomic mass is 35.5. The van der Waals surface area contributed by atoms with Crippen molar-refractivity contribution in [2.75, 3.05) is 16.9 Å². The Balaban J connectivity index is 1.88. The number of halogens is 2. The lowest BCUT2D eigenvalue weighted by atomic mass is 10.1. The Hall–Kier alpha value is -2.90. The van der Waals surface area contributed by atoms with E-state index >= 15 is 0 Å². The summed E-state index contributed by atoms with van der Waals surface area (Å²) in [5, 5.41) is 0.529. The summed E-state index contributed by atoms with van der Waals surface area (Å²) in [6, 6.07) is 8.56. The number of hydrogen-bond donors (Lipinski definition) is 0. The van der Waals surface area contributed by atoms with E-state index in [1.165, 1.54) is 11.1 Å². The molecular formula is C19H15Cl2N5O2. The summed E-state index contributed by atoms with van der Waals surface area (Å²) in [7, 11) is 1.55. The number of ether oxygens (including phenoxy) is 1. The highest BCUT2D eigenvalue weighted by molar-refractivity contribution is 6.34. The van der Waals surface area contributed by atoms with Crippen LogP contribution in [0.3, 0.4) is 0 Å². The van der Waals surface area contributed by atoms with Gasteiger partial charge in [-0.3, -0.25) is 4.90 Å². The molecule has 28 heavy (non-hydrogen) atoms. The highest BCUT2D eigenvalue weighted by Gasteiger charge is 2.36. The second kappa shape index (κ2) is 7.26. The molecule has 2 aromatic heterocycles. The van der Waals surface area contributed by atoms with Crippen molar-refractivity contribution in [3.8, 4) is 5.75 Å². The van der Waals surface area contributed by atoms with E-state index in [0.29, 0.717) is 28.1 Å². The molecule has 1 aliphatic heterocycles. The number of benzene rings is 1. The SMILES string of the molecule is COc1ccc(N2C(=O)N(c3c(C)cccc3Cl)Cc3cnc(Cl)nc32)nc1. The van der Waals surface area contributed by atoms with Crippen LogP contribution in [0, 0.1) is 6.92 Å². The van der Waals surface area contributed by atoms with E-state index in [4.69, 9.17) is 27.9 Å². The summed E-state index contributed by atoms with van der Waals surface area (Å²) in [5.41, 5.74) is 2.23. The van der Waals surface area contributed by atoms with Crippen LogP contribution in [-0.2, 0) is 6.54 Å². The molecule has 3 heterocycles. The summed E-state index contributed by atoms with van der Waals surface area (Å²) >= 11 is 12.4. The molecule has 0 fully saturated rings. The van der Waals surface area contributed by atoms with Gasteiger partial charge in [-0.25, -0.2) is 19.7 Å². The van der Waals surface area contributed by atoms with Gasteiger partial charge in [0.2, 0.25) is 5.28 Å². The lowest BCUT2D eigenvalue weighted by Crippen LogP contribution is -2.46. The lowest BCUT2D eigenvalue weighted by molar-refractivity contribution is 0.252. The zero-order valence-electron chi connectivity index (χ0n) is 15.1. The average Bonchev–Trinajstić information content (AvgIpc) is 2.69. The number of fused-ring (bicyclic) bond motifs is 1. The van der Waals surface area contributed by atoms with E-state index in [0.717, 1.165) is 11.1 Å². The molecular weight excluding hydrogens is 401 g/mol. The number of pyridine rings is 1. The number of carbonyl (C=O) groups is 1. The molecule has 0 spiro atoms. The molecule has 142 valence electrons. The van der Waals surface area contributed by atoms with Crippen molar-refractivity contribution in [3.63, 3.8) is 0 Å². The maximum Gasteiger partial charge on any atom is 0.336 e. The standard InChI is InChI=1S/C19H15Cl2N5O2/c1-11-4-3-5-14(20)16(11)25-10-12-8-23-18(21)24-17(12)26(19(25)27)15-7-6-13(28-2)9-22-15/h3-9H,10H2,1-2H3. The second-order valence-electron chi connectivity index (χ2n) is 6.15. The van der Waals surface area contributed by atoms with Crippen molar-refractivity contribution in [2.45, 2.75) is 13.5 Å². The Morgan fingerprint density at radius 3 is 2.61 bits per heavy atom. The van der Waals surface area contributed by atoms with Crippen molar-refractivity contribution in [3.05, 3.63) is 64.2 Å². The van der Waals surface area contributed by atoms with Gasteiger partial charge in [-0.15, -0.1) is 0 Å². The van der Waals surface area contributed by atoms with Gasteiger partial charge in [0.05, 0.1) is 30.6 Å². The van der Waals surface area contributed by atoms with E-state index in [-0.39, 0.29) is 17.9 Å². The summed E-state index contributed by atoms with van der Waals surface area (Å²) in [6.07, 6.45) is 3.14. The van der Waals surface area contributed by atoms with E-state index < -0.39 is 0 Å². The first kappa shape index (κ1) is 18.5. The third kappa shape index (κ3) is 3.12. The minimum atomic E-state index is -0.337. The van der Waals surface area contributed by atoms with Crippen LogP contribution in [0.5, 0.6) is 5.75 Å². The summed E-state index contributed by atoms with van der Waals surface area (Å²) in [6.45, 7) is 2.17. The number of aromatic nitrogens is 3. The number of amides is 2. The van der Waals surface area contributed by atoms with Gasteiger partial charge in [-0.1, -0.05) is 23.7 Å². The van der Waals surface area contributed by atoms with Crippen LogP contribution in [0.1, 0.15) is 11.1 Å². The first-order valence-corrected chi connectivity index (χ1v) is 9.13. The first-order valence-electron chi connectivity index (χ1n) is 8.38. The minimum absolute atomic E-state index is 0.0486. The monoisotopic (exact) mass is 415 g/mol. The zero-order chi connectivity index (χ0) is 19.8. The molecule has 0 saturated heterocycles. The Bertz CT molecular complexity index is 1040. The first-order chi connectivity index (χ1) is 13.5. The summed E-state index contributed by atoms with van der Waals surface area (Å²) < 4.78 is 5.15. The number of aryl methyl sites for hydroxylation is 1. The second-order valence-corrected chi connectivity index (χ2v) is 6.90. The third-order valence-corrected chi connectivity index (χ3v) is 4.91. The number of anilines is 3. The van der Waals surface area contributed by atoms with Crippen molar-refractivity contribution < 1.29 is 9.53 Å². The number of methoxy groups -OCH3 is 1. The van der Waals surface area contributed by atoms with Crippen LogP contribution < -0.4 is 14.5 Å². The Morgan fingerprint density at radius 2 is 1.93 bits per heavy atom. The van der Waals surface area contributed by atoms with Gasteiger partial charge in [-0.05, 0) is 42.3 Å². The summed E-state index contributed by atoms with van der Waals surface area (Å²) in [5.74, 6) is 1.35. The minimum Gasteiger partial charge on any atom is -0.495 e. The molecule has 0 radical (unpaired) electrons. The molecule has 9 heteroatoms. The number of hydrogen-bond acceptors (Lipinski definition) is 5. The molecule has 0 N–H and O–H groups in total. The van der Waals surface area contributed by atoms with Gasteiger partial charge in [0, 0.05) is 11.8 Å². The van der Waals surface area contributed by atoms with Gasteiger partial charge in [0.25, 0.3) is 0 Å². The predicted octanol–water partition coefficient (Wildman–Crippen LogP) is 4.77. The number of rotatable bonds is 3. The molecule has 2 amide bonds. The van der Waals surface area contributed by atoms with Gasteiger partial charge in [-0.2, -0.15) is 4.98 Å². The fourth-order valence-electron chi connectivity index (χ4n) is 3.10. The largest absolute Gasteiger partial charge is 0.495 e. The van der Waals surface area contributed by atoms with Crippen molar-refractivity contribution >= 4 is 46.6 Å².